The SMILES string of the molecule is C=C(CCNC)C12C=CCN(c3ccc(C#N)cn3)CC1C2. The first-order chi connectivity index (χ1) is 10.7. The Morgan fingerprint density at radius 3 is 3.14 bits per heavy atom. The molecule has 114 valence electrons. The number of allylic oxidation sites excluding steroid dienone is 1. The molecular weight excluding hydrogens is 272 g/mol. The molecule has 4 nitrogen and oxygen atoms in total. The van der Waals surface area contributed by atoms with Crippen molar-refractivity contribution in [3.8, 4) is 6.07 Å². The van der Waals surface area contributed by atoms with Gasteiger partial charge in [0.05, 0.1) is 5.56 Å². The van der Waals surface area contributed by atoms with E-state index in [0.29, 0.717) is 11.5 Å². The summed E-state index contributed by atoms with van der Waals surface area (Å²) in [6.07, 6.45) is 8.48. The molecule has 0 radical (unpaired) electrons. The molecule has 1 aromatic rings. The Hall–Kier alpha value is -2.12. The molecule has 2 aliphatic rings. The van der Waals surface area contributed by atoms with Crippen LogP contribution in [0.5, 0.6) is 0 Å². The lowest BCUT2D eigenvalue weighted by Crippen LogP contribution is -2.26. The summed E-state index contributed by atoms with van der Waals surface area (Å²) in [5.74, 6) is 1.58. The van der Waals surface area contributed by atoms with Crippen LogP contribution in [0.1, 0.15) is 18.4 Å². The molecule has 0 spiro atoms. The van der Waals surface area contributed by atoms with E-state index in [9.17, 15) is 0 Å². The van der Waals surface area contributed by atoms with Gasteiger partial charge in [-0.3, -0.25) is 0 Å². The minimum Gasteiger partial charge on any atom is -0.353 e. The Balaban J connectivity index is 1.70. The van der Waals surface area contributed by atoms with E-state index in [-0.39, 0.29) is 5.41 Å². The Morgan fingerprint density at radius 2 is 2.45 bits per heavy atom. The van der Waals surface area contributed by atoms with Crippen LogP contribution in [0.2, 0.25) is 0 Å². The van der Waals surface area contributed by atoms with E-state index in [1.807, 2.05) is 19.2 Å². The summed E-state index contributed by atoms with van der Waals surface area (Å²) in [6, 6.07) is 5.89. The van der Waals surface area contributed by atoms with Gasteiger partial charge in [-0.25, -0.2) is 4.98 Å². The highest BCUT2D eigenvalue weighted by Crippen LogP contribution is 2.60. The van der Waals surface area contributed by atoms with E-state index in [1.54, 1.807) is 6.20 Å². The molecule has 1 aromatic heterocycles. The van der Waals surface area contributed by atoms with Gasteiger partial charge in [-0.15, -0.1) is 0 Å². The first-order valence-corrected chi connectivity index (χ1v) is 7.81. The second-order valence-corrected chi connectivity index (χ2v) is 6.22. The van der Waals surface area contributed by atoms with Crippen LogP contribution in [0.25, 0.3) is 0 Å². The zero-order chi connectivity index (χ0) is 15.6. The highest BCUT2D eigenvalue weighted by Gasteiger charge is 2.54. The van der Waals surface area contributed by atoms with E-state index < -0.39 is 0 Å². The Bertz CT molecular complexity index is 625. The highest BCUT2D eigenvalue weighted by molar-refractivity contribution is 5.46. The Labute approximate surface area is 132 Å². The minimum atomic E-state index is 0.207. The van der Waals surface area contributed by atoms with Crippen LogP contribution < -0.4 is 10.2 Å². The van der Waals surface area contributed by atoms with Crippen molar-refractivity contribution >= 4 is 5.82 Å². The third-order valence-corrected chi connectivity index (χ3v) is 4.87. The molecule has 1 fully saturated rings. The lowest BCUT2D eigenvalue weighted by Gasteiger charge is -2.22. The maximum atomic E-state index is 8.87. The molecule has 0 aromatic carbocycles. The molecule has 22 heavy (non-hydrogen) atoms. The largest absolute Gasteiger partial charge is 0.353 e. The number of nitrogens with zero attached hydrogens (tertiary/aromatic N) is 3. The lowest BCUT2D eigenvalue weighted by molar-refractivity contribution is 0.616. The molecule has 1 aliphatic heterocycles. The predicted octanol–water partition coefficient (Wildman–Crippen LogP) is 2.50. The Kier molecular flexibility index (Phi) is 4.00. The van der Waals surface area contributed by atoms with Crippen molar-refractivity contribution in [2.75, 3.05) is 31.6 Å². The quantitative estimate of drug-likeness (QED) is 0.848. The molecule has 1 saturated carbocycles. The van der Waals surface area contributed by atoms with Crippen LogP contribution in [0.4, 0.5) is 5.82 Å². The monoisotopic (exact) mass is 294 g/mol. The van der Waals surface area contributed by atoms with E-state index in [2.05, 4.69) is 40.0 Å². The highest BCUT2D eigenvalue weighted by atomic mass is 15.2. The van der Waals surface area contributed by atoms with Gasteiger partial charge in [0.15, 0.2) is 0 Å². The summed E-state index contributed by atoms with van der Waals surface area (Å²) in [4.78, 5) is 6.72. The molecule has 3 rings (SSSR count). The molecule has 1 N–H and O–H groups in total. The van der Waals surface area contributed by atoms with Crippen molar-refractivity contribution in [1.29, 1.82) is 5.26 Å². The van der Waals surface area contributed by atoms with E-state index in [4.69, 9.17) is 5.26 Å². The van der Waals surface area contributed by atoms with Crippen molar-refractivity contribution < 1.29 is 0 Å². The molecule has 2 heterocycles. The van der Waals surface area contributed by atoms with E-state index in [0.717, 1.165) is 31.9 Å². The third-order valence-electron chi connectivity index (χ3n) is 4.87. The maximum absolute atomic E-state index is 8.87. The number of rotatable bonds is 5. The van der Waals surface area contributed by atoms with Crippen molar-refractivity contribution in [3.05, 3.63) is 48.2 Å². The number of hydrogen-bond acceptors (Lipinski definition) is 4. The number of hydrogen-bond donors (Lipinski definition) is 1. The van der Waals surface area contributed by atoms with Crippen LogP contribution in [0.15, 0.2) is 42.6 Å². The summed E-state index contributed by atoms with van der Waals surface area (Å²) >= 11 is 0. The van der Waals surface area contributed by atoms with Crippen LogP contribution in [0.3, 0.4) is 0 Å². The van der Waals surface area contributed by atoms with E-state index >= 15 is 0 Å². The van der Waals surface area contributed by atoms with Crippen molar-refractivity contribution in [3.63, 3.8) is 0 Å². The maximum Gasteiger partial charge on any atom is 0.128 e. The van der Waals surface area contributed by atoms with Gasteiger partial charge in [-0.2, -0.15) is 5.26 Å². The number of aromatic nitrogens is 1. The zero-order valence-corrected chi connectivity index (χ0v) is 13.0. The average Bonchev–Trinajstić information content (AvgIpc) is 3.27. The fraction of sp³-hybridized carbons (Fsp3) is 0.444. The predicted molar refractivity (Wildman–Crippen MR) is 88.5 cm³/mol. The fourth-order valence-electron chi connectivity index (χ4n) is 3.40. The van der Waals surface area contributed by atoms with Gasteiger partial charge in [0, 0.05) is 24.7 Å². The molecular formula is C18H22N4. The minimum absolute atomic E-state index is 0.207. The van der Waals surface area contributed by atoms with Gasteiger partial charge in [0.25, 0.3) is 0 Å². The van der Waals surface area contributed by atoms with E-state index in [1.165, 1.54) is 12.0 Å². The van der Waals surface area contributed by atoms with Crippen LogP contribution >= 0.6 is 0 Å². The van der Waals surface area contributed by atoms with Gasteiger partial charge < -0.3 is 10.2 Å². The first-order valence-electron chi connectivity index (χ1n) is 7.81. The average molecular weight is 294 g/mol. The van der Waals surface area contributed by atoms with Gasteiger partial charge >= 0.3 is 0 Å². The molecule has 0 bridgehead atoms. The second-order valence-electron chi connectivity index (χ2n) is 6.22. The molecule has 1 aliphatic carbocycles. The van der Waals surface area contributed by atoms with Gasteiger partial charge in [0.1, 0.15) is 11.9 Å². The smallest absolute Gasteiger partial charge is 0.128 e. The molecule has 0 amide bonds. The summed E-state index contributed by atoms with van der Waals surface area (Å²) in [7, 11) is 1.98. The van der Waals surface area contributed by atoms with Crippen molar-refractivity contribution in [2.24, 2.45) is 11.3 Å². The summed E-state index contributed by atoms with van der Waals surface area (Å²) in [5, 5.41) is 12.1. The van der Waals surface area contributed by atoms with Crippen LogP contribution in [-0.2, 0) is 0 Å². The molecule has 2 unspecified atom stereocenters. The van der Waals surface area contributed by atoms with Gasteiger partial charge in [0.2, 0.25) is 0 Å². The van der Waals surface area contributed by atoms with Gasteiger partial charge in [-0.1, -0.05) is 24.3 Å². The fourth-order valence-corrected chi connectivity index (χ4v) is 3.40. The Morgan fingerprint density at radius 1 is 1.59 bits per heavy atom. The number of pyridine rings is 1. The van der Waals surface area contributed by atoms with Gasteiger partial charge in [-0.05, 0) is 44.5 Å². The number of fused-ring (bicyclic) bond motifs is 1. The number of nitriles is 1. The normalized spacial score (nSPS) is 26.0. The third kappa shape index (κ3) is 2.65. The van der Waals surface area contributed by atoms with Crippen molar-refractivity contribution in [2.45, 2.75) is 12.8 Å². The second kappa shape index (κ2) is 5.94. The first kappa shape index (κ1) is 14.8. The topological polar surface area (TPSA) is 52.0 Å². The molecule has 2 atom stereocenters. The summed E-state index contributed by atoms with van der Waals surface area (Å²) in [6.45, 7) is 7.19. The zero-order valence-electron chi connectivity index (χ0n) is 13.0. The number of nitrogens with one attached hydrogen (secondary N) is 1. The standard InChI is InChI=1S/C18H22N4/c1-14(6-8-20-2)18-7-3-9-22(13-16(18)10-18)17-5-4-15(11-19)12-21-17/h3-5,7,12,16,20H,1,6,8-10,13H2,2H3. The number of anilines is 1. The van der Waals surface area contributed by atoms with Crippen LogP contribution in [-0.4, -0.2) is 31.7 Å². The summed E-state index contributed by atoms with van der Waals surface area (Å²) in [5.41, 5.74) is 2.16. The molecule has 0 saturated heterocycles. The lowest BCUT2D eigenvalue weighted by atomic mass is 9.91. The summed E-state index contributed by atoms with van der Waals surface area (Å²) < 4.78 is 0. The van der Waals surface area contributed by atoms with Crippen LogP contribution in [0, 0.1) is 22.7 Å². The van der Waals surface area contributed by atoms with Crippen molar-refractivity contribution in [1.82, 2.24) is 10.3 Å². The molecule has 4 heteroatoms.